The number of carbonyl (C=O) groups excluding carboxylic acids is 2. The highest BCUT2D eigenvalue weighted by molar-refractivity contribution is 7.16. The molecular weight excluding hydrogens is 430 g/mol. The molecule has 2 amide bonds. The average Bonchev–Trinajstić information content (AvgIpc) is 3.14. The molecule has 1 spiro atoms. The van der Waals surface area contributed by atoms with Crippen molar-refractivity contribution in [1.82, 2.24) is 10.2 Å². The van der Waals surface area contributed by atoms with E-state index in [2.05, 4.69) is 51.9 Å². The lowest BCUT2D eigenvalue weighted by molar-refractivity contribution is -0.123. The molecule has 5 nitrogen and oxygen atoms in total. The third-order valence-corrected chi connectivity index (χ3v) is 9.23. The second-order valence-electron chi connectivity index (χ2n) is 10.4. The summed E-state index contributed by atoms with van der Waals surface area (Å²) in [7, 11) is 0. The van der Waals surface area contributed by atoms with Gasteiger partial charge in [-0.3, -0.25) is 14.5 Å². The molecule has 1 saturated heterocycles. The Bertz CT molecular complexity index is 988. The van der Waals surface area contributed by atoms with Crippen molar-refractivity contribution >= 4 is 28.2 Å². The fraction of sp³-hybridized carbons (Fsp3) is 0.556. The smallest absolute Gasteiger partial charge is 0.223 e. The standard InChI is InChI=1S/C27H35N3O2S/c1-20(31)29-24-10-9-22(33-24)18-30-15-13-26(14-16-30)17-23(26)25(32)28-19-27(11-5-6-12-27)21-7-3-2-4-8-21/h2-4,7-10,23H,5-6,11-19H2,1H3,(H,28,32)(H,29,31)/t23-/m1/s1. The summed E-state index contributed by atoms with van der Waals surface area (Å²) in [5.74, 6) is 0.454. The Kier molecular flexibility index (Phi) is 6.32. The molecule has 1 aliphatic heterocycles. The van der Waals surface area contributed by atoms with Crippen LogP contribution >= 0.6 is 11.3 Å². The molecule has 2 heterocycles. The number of carbonyl (C=O) groups is 2. The Morgan fingerprint density at radius 1 is 1.03 bits per heavy atom. The van der Waals surface area contributed by atoms with Crippen molar-refractivity contribution in [2.24, 2.45) is 11.3 Å². The highest BCUT2D eigenvalue weighted by Gasteiger charge is 2.58. The average molecular weight is 466 g/mol. The van der Waals surface area contributed by atoms with Crippen molar-refractivity contribution < 1.29 is 9.59 Å². The minimum atomic E-state index is -0.0241. The molecule has 0 radical (unpaired) electrons. The maximum absolute atomic E-state index is 13.1. The van der Waals surface area contributed by atoms with Gasteiger partial charge in [-0.25, -0.2) is 0 Å². The van der Waals surface area contributed by atoms with Gasteiger partial charge in [0.2, 0.25) is 11.8 Å². The van der Waals surface area contributed by atoms with Gasteiger partial charge in [0.25, 0.3) is 0 Å². The molecule has 0 bridgehead atoms. The number of hydrogen-bond donors (Lipinski definition) is 2. The van der Waals surface area contributed by atoms with Crippen molar-refractivity contribution in [2.45, 2.75) is 63.8 Å². The predicted molar refractivity (Wildman–Crippen MR) is 133 cm³/mol. The highest BCUT2D eigenvalue weighted by Crippen LogP contribution is 2.59. The molecule has 5 rings (SSSR count). The number of piperidine rings is 1. The molecular formula is C27H35N3O2S. The fourth-order valence-corrected chi connectivity index (χ4v) is 7.14. The summed E-state index contributed by atoms with van der Waals surface area (Å²) in [4.78, 5) is 28.1. The van der Waals surface area contributed by atoms with Gasteiger partial charge in [0.05, 0.1) is 5.00 Å². The van der Waals surface area contributed by atoms with Gasteiger partial charge < -0.3 is 10.6 Å². The fourth-order valence-electron chi connectivity index (χ4n) is 6.14. The van der Waals surface area contributed by atoms with E-state index in [0.717, 1.165) is 50.4 Å². The van der Waals surface area contributed by atoms with Crippen LogP contribution in [0.15, 0.2) is 42.5 Å². The minimum Gasteiger partial charge on any atom is -0.355 e. The molecule has 3 fully saturated rings. The lowest BCUT2D eigenvalue weighted by atomic mass is 9.78. The molecule has 1 atom stereocenters. The first-order valence-corrected chi connectivity index (χ1v) is 13.2. The summed E-state index contributed by atoms with van der Waals surface area (Å²) in [5.41, 5.74) is 1.74. The first kappa shape index (κ1) is 22.6. The number of benzene rings is 1. The lowest BCUT2D eigenvalue weighted by Crippen LogP contribution is -2.41. The molecule has 3 aliphatic rings. The number of anilines is 1. The Morgan fingerprint density at radius 3 is 2.45 bits per heavy atom. The molecule has 2 aliphatic carbocycles. The van der Waals surface area contributed by atoms with Crippen LogP contribution < -0.4 is 10.6 Å². The van der Waals surface area contributed by atoms with E-state index in [1.807, 2.05) is 6.07 Å². The Labute approximate surface area is 200 Å². The monoisotopic (exact) mass is 465 g/mol. The normalized spacial score (nSPS) is 23.4. The van der Waals surface area contributed by atoms with E-state index in [4.69, 9.17) is 0 Å². The highest BCUT2D eigenvalue weighted by atomic mass is 32.1. The summed E-state index contributed by atoms with van der Waals surface area (Å²) < 4.78 is 0. The van der Waals surface area contributed by atoms with Gasteiger partial charge in [-0.2, -0.15) is 0 Å². The number of hydrogen-bond acceptors (Lipinski definition) is 4. The molecule has 1 aromatic carbocycles. The van der Waals surface area contributed by atoms with Crippen molar-refractivity contribution in [3.05, 3.63) is 52.9 Å². The number of nitrogens with one attached hydrogen (secondary N) is 2. The van der Waals surface area contributed by atoms with Gasteiger partial charge >= 0.3 is 0 Å². The van der Waals surface area contributed by atoms with Crippen molar-refractivity contribution in [3.8, 4) is 0 Å². The third-order valence-electron chi connectivity index (χ3n) is 8.25. The van der Waals surface area contributed by atoms with Gasteiger partial charge in [0.15, 0.2) is 0 Å². The first-order chi connectivity index (χ1) is 16.0. The maximum Gasteiger partial charge on any atom is 0.223 e. The summed E-state index contributed by atoms with van der Waals surface area (Å²) in [6, 6.07) is 14.9. The summed E-state index contributed by atoms with van der Waals surface area (Å²) in [6.07, 6.45) is 8.13. The van der Waals surface area contributed by atoms with Gasteiger partial charge in [0, 0.05) is 36.2 Å². The Balaban J connectivity index is 1.11. The van der Waals surface area contributed by atoms with Crippen LogP contribution in [0, 0.1) is 11.3 Å². The number of amides is 2. The molecule has 2 saturated carbocycles. The van der Waals surface area contributed by atoms with E-state index in [9.17, 15) is 9.59 Å². The molecule has 33 heavy (non-hydrogen) atoms. The minimum absolute atomic E-state index is 0.0241. The second-order valence-corrected chi connectivity index (χ2v) is 11.6. The topological polar surface area (TPSA) is 61.4 Å². The van der Waals surface area contributed by atoms with Crippen molar-refractivity contribution in [1.29, 1.82) is 0 Å². The van der Waals surface area contributed by atoms with E-state index >= 15 is 0 Å². The maximum atomic E-state index is 13.1. The number of likely N-dealkylation sites (tertiary alicyclic amines) is 1. The summed E-state index contributed by atoms with van der Waals surface area (Å²) in [6.45, 7) is 5.34. The van der Waals surface area contributed by atoms with Gasteiger partial charge in [-0.1, -0.05) is 43.2 Å². The van der Waals surface area contributed by atoms with E-state index in [1.165, 1.54) is 36.1 Å². The van der Waals surface area contributed by atoms with Crippen LogP contribution in [0.25, 0.3) is 0 Å². The molecule has 2 aromatic rings. The van der Waals surface area contributed by atoms with E-state index in [0.29, 0.717) is 0 Å². The SMILES string of the molecule is CC(=O)Nc1ccc(CN2CCC3(CC2)C[C@@H]3C(=O)NCC2(c3ccccc3)CCCC2)s1. The van der Waals surface area contributed by atoms with E-state index < -0.39 is 0 Å². The van der Waals surface area contributed by atoms with E-state index in [1.54, 1.807) is 18.3 Å². The summed E-state index contributed by atoms with van der Waals surface area (Å²) in [5, 5.41) is 7.16. The van der Waals surface area contributed by atoms with Crippen LogP contribution in [0.5, 0.6) is 0 Å². The third kappa shape index (κ3) is 4.87. The Morgan fingerprint density at radius 2 is 1.76 bits per heavy atom. The molecule has 6 heteroatoms. The van der Waals surface area contributed by atoms with Crippen LogP contribution in [0.1, 0.15) is 62.3 Å². The van der Waals surface area contributed by atoms with E-state index in [-0.39, 0.29) is 28.6 Å². The number of thiophene rings is 1. The number of nitrogens with zero attached hydrogens (tertiary/aromatic N) is 1. The zero-order valence-electron chi connectivity index (χ0n) is 19.6. The molecule has 2 N–H and O–H groups in total. The Hall–Kier alpha value is -2.18. The van der Waals surface area contributed by atoms with Gasteiger partial charge in [-0.15, -0.1) is 11.3 Å². The second kappa shape index (κ2) is 9.22. The lowest BCUT2D eigenvalue weighted by Gasteiger charge is -2.33. The van der Waals surface area contributed by atoms with Gasteiger partial charge in [0.1, 0.15) is 0 Å². The van der Waals surface area contributed by atoms with Gasteiger partial charge in [-0.05, 0) is 68.3 Å². The van der Waals surface area contributed by atoms with Crippen molar-refractivity contribution in [2.75, 3.05) is 25.0 Å². The van der Waals surface area contributed by atoms with Crippen LogP contribution in [-0.4, -0.2) is 36.3 Å². The number of rotatable bonds is 7. The largest absolute Gasteiger partial charge is 0.355 e. The predicted octanol–water partition coefficient (Wildman–Crippen LogP) is 4.94. The zero-order valence-corrected chi connectivity index (χ0v) is 20.4. The zero-order chi connectivity index (χ0) is 22.9. The molecule has 0 unspecified atom stereocenters. The van der Waals surface area contributed by atoms with Crippen LogP contribution in [-0.2, 0) is 21.5 Å². The van der Waals surface area contributed by atoms with Crippen LogP contribution in [0.3, 0.4) is 0 Å². The molecule has 176 valence electrons. The molecule has 1 aromatic heterocycles. The summed E-state index contributed by atoms with van der Waals surface area (Å²) >= 11 is 1.65. The van der Waals surface area contributed by atoms with Crippen LogP contribution in [0.4, 0.5) is 5.00 Å². The van der Waals surface area contributed by atoms with Crippen molar-refractivity contribution in [3.63, 3.8) is 0 Å². The first-order valence-electron chi connectivity index (χ1n) is 12.4. The van der Waals surface area contributed by atoms with Crippen LogP contribution in [0.2, 0.25) is 0 Å². The quantitative estimate of drug-likeness (QED) is 0.609.